The summed E-state index contributed by atoms with van der Waals surface area (Å²) < 4.78 is 11.9. The maximum absolute atomic E-state index is 13.8. The first-order valence-corrected chi connectivity index (χ1v) is 13.5. The number of hydrogen-bond acceptors (Lipinski definition) is 5. The molecule has 3 aliphatic rings. The van der Waals surface area contributed by atoms with E-state index in [2.05, 4.69) is 48.5 Å². The van der Waals surface area contributed by atoms with Crippen LogP contribution < -0.4 is 4.74 Å². The molecule has 2 aliphatic carbocycles. The highest BCUT2D eigenvalue weighted by atomic mass is 79.9. The number of benzene rings is 1. The fourth-order valence-corrected chi connectivity index (χ4v) is 6.50. The summed E-state index contributed by atoms with van der Waals surface area (Å²) in [5, 5.41) is 0. The second kappa shape index (κ2) is 9.85. The summed E-state index contributed by atoms with van der Waals surface area (Å²) >= 11 is 3.66. The summed E-state index contributed by atoms with van der Waals surface area (Å²) in [5.74, 6) is 0.751. The molecule has 0 unspecified atom stereocenters. The molecule has 4 rings (SSSR count). The van der Waals surface area contributed by atoms with Crippen molar-refractivity contribution in [2.45, 2.75) is 72.6 Å². The predicted molar refractivity (Wildman–Crippen MR) is 141 cm³/mol. The molecule has 0 bridgehead atoms. The van der Waals surface area contributed by atoms with Gasteiger partial charge in [-0.2, -0.15) is 0 Å². The summed E-state index contributed by atoms with van der Waals surface area (Å²) in [6, 6.07) is 6.00. The Labute approximate surface area is 218 Å². The predicted octanol–water partition coefficient (Wildman–Crippen LogP) is 6.57. The molecule has 35 heavy (non-hydrogen) atoms. The number of ether oxygens (including phenoxy) is 2. The SMILES string of the molecule is CCOc1ccc(C2C3=C(CC(C)(C)CC3=O)N(CCCOC)C3=C2C(=O)CC(C)(C)C3)cc1Br. The molecule has 1 aliphatic heterocycles. The highest BCUT2D eigenvalue weighted by Crippen LogP contribution is 2.54. The van der Waals surface area contributed by atoms with Crippen molar-refractivity contribution in [2.75, 3.05) is 26.9 Å². The van der Waals surface area contributed by atoms with E-state index in [-0.39, 0.29) is 28.3 Å². The van der Waals surface area contributed by atoms with E-state index in [0.29, 0.717) is 26.1 Å². The molecule has 6 heteroatoms. The number of methoxy groups -OCH3 is 1. The Kier molecular flexibility index (Phi) is 7.36. The van der Waals surface area contributed by atoms with Crippen LogP contribution in [0.15, 0.2) is 45.2 Å². The average Bonchev–Trinajstić information content (AvgIpc) is 2.74. The van der Waals surface area contributed by atoms with Crippen molar-refractivity contribution in [2.24, 2.45) is 10.8 Å². The first-order valence-electron chi connectivity index (χ1n) is 12.7. The van der Waals surface area contributed by atoms with Crippen LogP contribution in [0.3, 0.4) is 0 Å². The quantitative estimate of drug-likeness (QED) is 0.364. The lowest BCUT2D eigenvalue weighted by molar-refractivity contribution is -0.119. The zero-order valence-electron chi connectivity index (χ0n) is 21.9. The molecular weight excluding hydrogens is 506 g/mol. The maximum atomic E-state index is 13.8. The van der Waals surface area contributed by atoms with Gasteiger partial charge in [0.15, 0.2) is 11.6 Å². The standard InChI is InChI=1S/C29H38BrNO4/c1-7-35-24-10-9-18(13-19(24)30)25-26-20(14-28(2,3)16-22(26)32)31(11-8-12-34-6)21-15-29(4,5)17-23(33)27(21)25/h9-10,13,25H,7-8,11-12,14-17H2,1-6H3. The molecule has 1 heterocycles. The molecule has 0 saturated carbocycles. The van der Waals surface area contributed by atoms with E-state index < -0.39 is 0 Å². The number of ketones is 2. The van der Waals surface area contributed by atoms with Gasteiger partial charge >= 0.3 is 0 Å². The Balaban J connectivity index is 1.93. The minimum absolute atomic E-state index is 0.119. The van der Waals surface area contributed by atoms with Crippen LogP contribution in [-0.2, 0) is 14.3 Å². The summed E-state index contributed by atoms with van der Waals surface area (Å²) in [6.07, 6.45) is 3.47. The molecule has 0 aromatic heterocycles. The lowest BCUT2D eigenvalue weighted by Gasteiger charge is -2.49. The van der Waals surface area contributed by atoms with Gasteiger partial charge in [-0.05, 0) is 70.6 Å². The van der Waals surface area contributed by atoms with Gasteiger partial charge in [-0.25, -0.2) is 0 Å². The normalized spacial score (nSPS) is 21.9. The molecule has 1 aromatic carbocycles. The average molecular weight is 545 g/mol. The largest absolute Gasteiger partial charge is 0.493 e. The van der Waals surface area contributed by atoms with Crippen LogP contribution in [0.25, 0.3) is 0 Å². The fraction of sp³-hybridized carbons (Fsp3) is 0.586. The minimum atomic E-state index is -0.335. The maximum Gasteiger partial charge on any atom is 0.162 e. The summed E-state index contributed by atoms with van der Waals surface area (Å²) in [5.41, 5.74) is 4.55. The Bertz CT molecular complexity index is 1040. The van der Waals surface area contributed by atoms with Crippen LogP contribution in [0.4, 0.5) is 0 Å². The second-order valence-corrected chi connectivity index (χ2v) is 12.5. The molecule has 0 N–H and O–H groups in total. The number of halogens is 1. The minimum Gasteiger partial charge on any atom is -0.493 e. The number of nitrogens with zero attached hydrogens (tertiary/aromatic N) is 1. The van der Waals surface area contributed by atoms with Crippen molar-refractivity contribution in [3.63, 3.8) is 0 Å². The van der Waals surface area contributed by atoms with E-state index in [0.717, 1.165) is 64.1 Å². The van der Waals surface area contributed by atoms with Gasteiger partial charge in [-0.15, -0.1) is 0 Å². The number of carbonyl (C=O) groups excluding carboxylic acids is 2. The molecule has 0 saturated heterocycles. The van der Waals surface area contributed by atoms with E-state index in [1.165, 1.54) is 0 Å². The summed E-state index contributed by atoms with van der Waals surface area (Å²) in [7, 11) is 1.71. The van der Waals surface area contributed by atoms with Crippen LogP contribution in [0.2, 0.25) is 0 Å². The van der Waals surface area contributed by atoms with Gasteiger partial charge in [0.05, 0.1) is 11.1 Å². The Morgan fingerprint density at radius 3 is 2.03 bits per heavy atom. The van der Waals surface area contributed by atoms with Crippen molar-refractivity contribution >= 4 is 27.5 Å². The van der Waals surface area contributed by atoms with Gasteiger partial charge < -0.3 is 14.4 Å². The summed E-state index contributed by atoms with van der Waals surface area (Å²) in [4.78, 5) is 29.9. The fourth-order valence-electron chi connectivity index (χ4n) is 5.99. The van der Waals surface area contributed by atoms with Crippen molar-refractivity contribution in [3.05, 3.63) is 50.8 Å². The number of Topliss-reactive ketones (excluding diaryl/α,β-unsaturated/α-hetero) is 2. The first-order chi connectivity index (χ1) is 16.5. The van der Waals surface area contributed by atoms with Crippen molar-refractivity contribution in [1.82, 2.24) is 4.90 Å². The molecule has 190 valence electrons. The molecular formula is C29H38BrNO4. The number of carbonyl (C=O) groups is 2. The molecule has 0 amide bonds. The topological polar surface area (TPSA) is 55.8 Å². The van der Waals surface area contributed by atoms with Gasteiger partial charge in [0.1, 0.15) is 5.75 Å². The lowest BCUT2D eigenvalue weighted by atomic mass is 9.63. The van der Waals surface area contributed by atoms with Gasteiger partial charge in [-0.3, -0.25) is 9.59 Å². The monoisotopic (exact) mass is 543 g/mol. The third-order valence-electron chi connectivity index (χ3n) is 7.34. The molecule has 0 fully saturated rings. The van der Waals surface area contributed by atoms with E-state index in [1.807, 2.05) is 25.1 Å². The zero-order valence-corrected chi connectivity index (χ0v) is 23.5. The van der Waals surface area contributed by atoms with Crippen LogP contribution in [0, 0.1) is 10.8 Å². The van der Waals surface area contributed by atoms with Gasteiger partial charge in [-0.1, -0.05) is 33.8 Å². The van der Waals surface area contributed by atoms with Crippen molar-refractivity contribution < 1.29 is 19.1 Å². The molecule has 0 atom stereocenters. The molecule has 0 spiro atoms. The number of hydrogen-bond donors (Lipinski definition) is 0. The second-order valence-electron chi connectivity index (χ2n) is 11.7. The van der Waals surface area contributed by atoms with E-state index in [4.69, 9.17) is 9.47 Å². The van der Waals surface area contributed by atoms with E-state index >= 15 is 0 Å². The molecule has 1 aromatic rings. The number of rotatable bonds is 7. The highest BCUT2D eigenvalue weighted by Gasteiger charge is 2.48. The summed E-state index contributed by atoms with van der Waals surface area (Å²) in [6.45, 7) is 12.6. The van der Waals surface area contributed by atoms with Crippen LogP contribution >= 0.6 is 15.9 Å². The Morgan fingerprint density at radius 2 is 1.54 bits per heavy atom. The third-order valence-corrected chi connectivity index (χ3v) is 7.96. The molecule has 5 nitrogen and oxygen atoms in total. The van der Waals surface area contributed by atoms with Crippen LogP contribution in [0.5, 0.6) is 5.75 Å². The molecule has 0 radical (unpaired) electrons. The smallest absolute Gasteiger partial charge is 0.162 e. The van der Waals surface area contributed by atoms with E-state index in [9.17, 15) is 9.59 Å². The number of allylic oxidation sites excluding steroid dienone is 4. The van der Waals surface area contributed by atoms with Gasteiger partial charge in [0.25, 0.3) is 0 Å². The Hall–Kier alpha value is -1.92. The van der Waals surface area contributed by atoms with Crippen LogP contribution in [-0.4, -0.2) is 43.3 Å². The highest BCUT2D eigenvalue weighted by molar-refractivity contribution is 9.10. The van der Waals surface area contributed by atoms with Gasteiger partial charge in [0.2, 0.25) is 0 Å². The van der Waals surface area contributed by atoms with Crippen molar-refractivity contribution in [1.29, 1.82) is 0 Å². The zero-order chi connectivity index (χ0) is 25.5. The van der Waals surface area contributed by atoms with Crippen molar-refractivity contribution in [3.8, 4) is 5.75 Å². The third kappa shape index (κ3) is 5.15. The van der Waals surface area contributed by atoms with Crippen LogP contribution in [0.1, 0.15) is 78.2 Å². The Morgan fingerprint density at radius 1 is 0.971 bits per heavy atom. The van der Waals surface area contributed by atoms with Gasteiger partial charge in [0, 0.05) is 61.6 Å². The van der Waals surface area contributed by atoms with E-state index in [1.54, 1.807) is 7.11 Å². The first kappa shape index (κ1) is 26.2. The lowest BCUT2D eigenvalue weighted by Crippen LogP contribution is -2.44.